The highest BCUT2D eigenvalue weighted by atomic mass is 35.5. The summed E-state index contributed by atoms with van der Waals surface area (Å²) in [5, 5.41) is 0. The van der Waals surface area contributed by atoms with Gasteiger partial charge in [0.25, 0.3) is 0 Å². The van der Waals surface area contributed by atoms with Gasteiger partial charge in [0.1, 0.15) is 0 Å². The van der Waals surface area contributed by atoms with E-state index in [0.717, 1.165) is 12.2 Å². The van der Waals surface area contributed by atoms with Crippen molar-refractivity contribution in [3.8, 4) is 0 Å². The Labute approximate surface area is 120 Å². The molecule has 2 rings (SSSR count). The number of aromatic nitrogens is 1. The SMILES string of the molecule is CCOCc1ccc(C2CCC(/C=C/Cl)CC2)nc1. The second-order valence-corrected chi connectivity index (χ2v) is 5.41. The van der Waals surface area contributed by atoms with Crippen LogP contribution >= 0.6 is 11.6 Å². The van der Waals surface area contributed by atoms with Gasteiger partial charge >= 0.3 is 0 Å². The van der Waals surface area contributed by atoms with E-state index in [1.807, 2.05) is 13.1 Å². The Morgan fingerprint density at radius 1 is 1.32 bits per heavy atom. The van der Waals surface area contributed by atoms with Crippen LogP contribution in [-0.2, 0) is 11.3 Å². The number of rotatable bonds is 5. The van der Waals surface area contributed by atoms with Gasteiger partial charge < -0.3 is 4.74 Å². The molecule has 0 saturated heterocycles. The van der Waals surface area contributed by atoms with E-state index in [-0.39, 0.29) is 0 Å². The molecule has 0 radical (unpaired) electrons. The van der Waals surface area contributed by atoms with Crippen molar-refractivity contribution in [1.82, 2.24) is 4.98 Å². The van der Waals surface area contributed by atoms with Crippen molar-refractivity contribution in [1.29, 1.82) is 0 Å². The quantitative estimate of drug-likeness (QED) is 0.783. The molecule has 1 fully saturated rings. The van der Waals surface area contributed by atoms with Gasteiger partial charge in [-0.25, -0.2) is 0 Å². The molecule has 104 valence electrons. The first-order valence-electron chi connectivity index (χ1n) is 7.13. The summed E-state index contributed by atoms with van der Waals surface area (Å²) in [4.78, 5) is 4.60. The van der Waals surface area contributed by atoms with Crippen molar-refractivity contribution in [2.24, 2.45) is 5.92 Å². The van der Waals surface area contributed by atoms with Crippen molar-refractivity contribution in [2.75, 3.05) is 6.61 Å². The zero-order chi connectivity index (χ0) is 13.5. The zero-order valence-corrected chi connectivity index (χ0v) is 12.3. The minimum absolute atomic E-state index is 0.612. The summed E-state index contributed by atoms with van der Waals surface area (Å²) in [6.07, 6.45) is 8.94. The second-order valence-electron chi connectivity index (χ2n) is 5.16. The first-order valence-corrected chi connectivity index (χ1v) is 7.56. The van der Waals surface area contributed by atoms with E-state index in [9.17, 15) is 0 Å². The number of hydrogen-bond acceptors (Lipinski definition) is 2. The summed E-state index contributed by atoms with van der Waals surface area (Å²) in [6.45, 7) is 3.42. The molecule has 1 aromatic rings. The van der Waals surface area contributed by atoms with Gasteiger partial charge in [-0.2, -0.15) is 0 Å². The van der Waals surface area contributed by atoms with Crippen LogP contribution in [0, 0.1) is 5.92 Å². The van der Waals surface area contributed by atoms with Gasteiger partial charge in [-0.1, -0.05) is 23.7 Å². The van der Waals surface area contributed by atoms with Crippen LogP contribution in [-0.4, -0.2) is 11.6 Å². The summed E-state index contributed by atoms with van der Waals surface area (Å²) in [5.74, 6) is 1.27. The maximum Gasteiger partial charge on any atom is 0.0731 e. The highest BCUT2D eigenvalue weighted by Crippen LogP contribution is 2.35. The molecule has 0 atom stereocenters. The minimum Gasteiger partial charge on any atom is -0.377 e. The number of allylic oxidation sites excluding steroid dienone is 1. The van der Waals surface area contributed by atoms with Gasteiger partial charge in [0, 0.05) is 30.0 Å². The molecule has 1 saturated carbocycles. The summed E-state index contributed by atoms with van der Waals surface area (Å²) in [7, 11) is 0. The van der Waals surface area contributed by atoms with E-state index in [1.165, 1.54) is 31.4 Å². The van der Waals surface area contributed by atoms with Gasteiger partial charge in [-0.15, -0.1) is 0 Å². The van der Waals surface area contributed by atoms with E-state index in [2.05, 4.69) is 23.2 Å². The predicted molar refractivity (Wildman–Crippen MR) is 79.3 cm³/mol. The van der Waals surface area contributed by atoms with Gasteiger partial charge in [0.15, 0.2) is 0 Å². The van der Waals surface area contributed by atoms with Crippen LogP contribution in [0.3, 0.4) is 0 Å². The largest absolute Gasteiger partial charge is 0.377 e. The molecule has 3 heteroatoms. The zero-order valence-electron chi connectivity index (χ0n) is 11.5. The third kappa shape index (κ3) is 4.32. The summed E-state index contributed by atoms with van der Waals surface area (Å²) >= 11 is 5.64. The average molecular weight is 280 g/mol. The average Bonchev–Trinajstić information content (AvgIpc) is 2.47. The molecule has 0 N–H and O–H groups in total. The molecular formula is C16H22ClNO. The van der Waals surface area contributed by atoms with E-state index < -0.39 is 0 Å². The first kappa shape index (κ1) is 14.5. The smallest absolute Gasteiger partial charge is 0.0731 e. The van der Waals surface area contributed by atoms with Crippen LogP contribution in [0.2, 0.25) is 0 Å². The first-order chi connectivity index (χ1) is 9.33. The molecule has 1 aliphatic carbocycles. The standard InChI is InChI=1S/C16H22ClNO/c1-2-19-12-14-5-8-16(18-11-14)15-6-3-13(4-7-15)9-10-17/h5,8-11,13,15H,2-4,6-7,12H2,1H3/b10-9+. The van der Waals surface area contributed by atoms with Crippen LogP contribution in [0.4, 0.5) is 0 Å². The predicted octanol–water partition coefficient (Wildman–Crippen LogP) is 4.64. The molecular weight excluding hydrogens is 258 g/mol. The Kier molecular flexibility index (Phi) is 5.87. The van der Waals surface area contributed by atoms with Crippen LogP contribution in [0.15, 0.2) is 29.9 Å². The fourth-order valence-corrected chi connectivity index (χ4v) is 2.90. The van der Waals surface area contributed by atoms with Crippen LogP contribution in [0.25, 0.3) is 0 Å². The minimum atomic E-state index is 0.612. The summed E-state index contributed by atoms with van der Waals surface area (Å²) in [5.41, 5.74) is 4.05. The Morgan fingerprint density at radius 3 is 2.68 bits per heavy atom. The molecule has 1 aliphatic rings. The topological polar surface area (TPSA) is 22.1 Å². The molecule has 0 spiro atoms. The molecule has 0 unspecified atom stereocenters. The molecule has 0 aromatic carbocycles. The van der Waals surface area contributed by atoms with Crippen molar-refractivity contribution in [3.63, 3.8) is 0 Å². The van der Waals surface area contributed by atoms with Crippen LogP contribution < -0.4 is 0 Å². The second kappa shape index (κ2) is 7.66. The van der Waals surface area contributed by atoms with Crippen LogP contribution in [0.5, 0.6) is 0 Å². The van der Waals surface area contributed by atoms with Gasteiger partial charge in [0.2, 0.25) is 0 Å². The number of halogens is 1. The molecule has 1 heterocycles. The number of nitrogens with zero attached hydrogens (tertiary/aromatic N) is 1. The van der Waals surface area contributed by atoms with Crippen molar-refractivity contribution in [2.45, 2.75) is 45.1 Å². The van der Waals surface area contributed by atoms with E-state index in [0.29, 0.717) is 18.4 Å². The third-order valence-corrected chi connectivity index (χ3v) is 4.00. The number of ether oxygens (including phenoxy) is 1. The maximum atomic E-state index is 5.64. The maximum absolute atomic E-state index is 5.64. The molecule has 1 aromatic heterocycles. The molecule has 0 bridgehead atoms. The monoisotopic (exact) mass is 279 g/mol. The molecule has 2 nitrogen and oxygen atoms in total. The van der Waals surface area contributed by atoms with Gasteiger partial charge in [0.05, 0.1) is 6.61 Å². The lowest BCUT2D eigenvalue weighted by atomic mass is 9.80. The van der Waals surface area contributed by atoms with Gasteiger partial charge in [-0.3, -0.25) is 4.98 Å². The Morgan fingerprint density at radius 2 is 2.11 bits per heavy atom. The number of pyridine rings is 1. The van der Waals surface area contributed by atoms with E-state index in [1.54, 1.807) is 5.54 Å². The summed E-state index contributed by atoms with van der Waals surface area (Å²) in [6, 6.07) is 4.31. The highest BCUT2D eigenvalue weighted by molar-refractivity contribution is 6.25. The van der Waals surface area contributed by atoms with E-state index in [4.69, 9.17) is 16.3 Å². The Bertz CT molecular complexity index is 394. The normalized spacial score (nSPS) is 23.9. The molecule has 0 aliphatic heterocycles. The summed E-state index contributed by atoms with van der Waals surface area (Å²) < 4.78 is 5.39. The van der Waals surface area contributed by atoms with Crippen molar-refractivity contribution < 1.29 is 4.74 Å². The Hall–Kier alpha value is -0.860. The highest BCUT2D eigenvalue weighted by Gasteiger charge is 2.21. The molecule has 19 heavy (non-hydrogen) atoms. The third-order valence-electron chi connectivity index (χ3n) is 3.86. The van der Waals surface area contributed by atoms with Crippen molar-refractivity contribution in [3.05, 3.63) is 41.2 Å². The van der Waals surface area contributed by atoms with Crippen LogP contribution in [0.1, 0.15) is 49.8 Å². The lowest BCUT2D eigenvalue weighted by Crippen LogP contribution is -2.12. The number of hydrogen-bond donors (Lipinski definition) is 0. The fourth-order valence-electron chi connectivity index (χ4n) is 2.69. The molecule has 0 amide bonds. The fraction of sp³-hybridized carbons (Fsp3) is 0.562. The lowest BCUT2D eigenvalue weighted by molar-refractivity contribution is 0.134. The van der Waals surface area contributed by atoms with Gasteiger partial charge in [-0.05, 0) is 50.2 Å². The Balaban J connectivity index is 1.89. The van der Waals surface area contributed by atoms with E-state index >= 15 is 0 Å². The van der Waals surface area contributed by atoms with Crippen molar-refractivity contribution >= 4 is 11.6 Å². The lowest BCUT2D eigenvalue weighted by Gasteiger charge is -2.26.